The molecule has 2 atom stereocenters. The van der Waals surface area contributed by atoms with Crippen molar-refractivity contribution < 1.29 is 4.52 Å². The Hall–Kier alpha value is -0.940. The van der Waals surface area contributed by atoms with Gasteiger partial charge in [-0.05, 0) is 58.2 Å². The average Bonchev–Trinajstić information content (AvgIpc) is 2.95. The second-order valence-electron chi connectivity index (χ2n) is 7.05. The van der Waals surface area contributed by atoms with Crippen LogP contribution >= 0.6 is 0 Å². The summed E-state index contributed by atoms with van der Waals surface area (Å²) in [7, 11) is 2.19. The first-order valence-corrected chi connectivity index (χ1v) is 9.00. The van der Waals surface area contributed by atoms with Crippen LogP contribution in [0.3, 0.4) is 0 Å². The molecule has 2 saturated heterocycles. The van der Waals surface area contributed by atoms with Crippen LogP contribution in [0.15, 0.2) is 4.52 Å². The summed E-state index contributed by atoms with van der Waals surface area (Å²) >= 11 is 0. The minimum absolute atomic E-state index is 0.780. The van der Waals surface area contributed by atoms with Gasteiger partial charge in [0.05, 0.1) is 6.54 Å². The van der Waals surface area contributed by atoms with Crippen LogP contribution in [0.5, 0.6) is 0 Å². The summed E-state index contributed by atoms with van der Waals surface area (Å²) in [4.78, 5) is 9.60. The Morgan fingerprint density at radius 3 is 2.95 bits per heavy atom. The Labute approximate surface area is 134 Å². The maximum absolute atomic E-state index is 5.29. The Bertz CT molecular complexity index is 459. The monoisotopic (exact) mass is 306 g/mol. The molecule has 0 aromatic carbocycles. The summed E-state index contributed by atoms with van der Waals surface area (Å²) < 4.78 is 5.29. The highest BCUT2D eigenvalue weighted by Crippen LogP contribution is 2.31. The molecular weight excluding hydrogens is 276 g/mol. The molecule has 0 unspecified atom stereocenters. The van der Waals surface area contributed by atoms with Crippen LogP contribution in [-0.2, 0) is 13.0 Å². The largest absolute Gasteiger partial charge is 0.339 e. The molecule has 0 N–H and O–H groups in total. The molecule has 0 saturated carbocycles. The summed E-state index contributed by atoms with van der Waals surface area (Å²) in [5.74, 6) is 2.42. The fourth-order valence-corrected chi connectivity index (χ4v) is 4.17. The second kappa shape index (κ2) is 7.55. The quantitative estimate of drug-likeness (QED) is 0.808. The van der Waals surface area contributed by atoms with E-state index in [1.54, 1.807) is 0 Å². The fourth-order valence-electron chi connectivity index (χ4n) is 4.17. The van der Waals surface area contributed by atoms with E-state index in [9.17, 15) is 0 Å². The fraction of sp³-hybridized carbons (Fsp3) is 0.882. The van der Waals surface area contributed by atoms with Crippen molar-refractivity contribution in [2.45, 2.75) is 64.5 Å². The smallest absolute Gasteiger partial charge is 0.226 e. The van der Waals surface area contributed by atoms with Crippen molar-refractivity contribution in [2.75, 3.05) is 26.7 Å². The lowest BCUT2D eigenvalue weighted by Crippen LogP contribution is -2.50. The third kappa shape index (κ3) is 3.87. The molecule has 5 nitrogen and oxygen atoms in total. The molecular formula is C17H30N4O. The first-order chi connectivity index (χ1) is 10.8. The Morgan fingerprint density at radius 2 is 2.09 bits per heavy atom. The van der Waals surface area contributed by atoms with Gasteiger partial charge in [-0.3, -0.25) is 4.90 Å². The number of hydrogen-bond donors (Lipinski definition) is 0. The molecule has 2 aliphatic heterocycles. The van der Waals surface area contributed by atoms with Gasteiger partial charge in [0.1, 0.15) is 0 Å². The Kier molecular flexibility index (Phi) is 5.47. The van der Waals surface area contributed by atoms with Crippen LogP contribution in [0.25, 0.3) is 0 Å². The lowest BCUT2D eigenvalue weighted by Gasteiger charge is -2.45. The summed E-state index contributed by atoms with van der Waals surface area (Å²) in [5.41, 5.74) is 0. The van der Waals surface area contributed by atoms with Crippen LogP contribution in [0.4, 0.5) is 0 Å². The van der Waals surface area contributed by atoms with Gasteiger partial charge in [-0.25, -0.2) is 0 Å². The van der Waals surface area contributed by atoms with Crippen LogP contribution in [0, 0.1) is 5.92 Å². The van der Waals surface area contributed by atoms with E-state index in [0.29, 0.717) is 0 Å². The molecule has 1 aromatic rings. The van der Waals surface area contributed by atoms with E-state index in [-0.39, 0.29) is 0 Å². The zero-order valence-electron chi connectivity index (χ0n) is 14.1. The first-order valence-electron chi connectivity index (χ1n) is 9.00. The molecule has 3 rings (SSSR count). The molecule has 0 spiro atoms. The van der Waals surface area contributed by atoms with Gasteiger partial charge in [-0.1, -0.05) is 18.5 Å². The standard InChI is InChI=1S/C17H30N4O/c1-3-7-17-18-16(19-22-17)13-20(2)12-14-8-6-11-21-10-5-4-9-15(14)21/h14-15H,3-13H2,1-2H3/t14-,15+/m0/s1. The predicted molar refractivity (Wildman–Crippen MR) is 86.6 cm³/mol. The van der Waals surface area contributed by atoms with E-state index < -0.39 is 0 Å². The van der Waals surface area contributed by atoms with Crippen molar-refractivity contribution in [3.05, 3.63) is 11.7 Å². The molecule has 0 bridgehead atoms. The number of rotatable bonds is 6. The lowest BCUT2D eigenvalue weighted by atomic mass is 9.83. The van der Waals surface area contributed by atoms with Crippen LogP contribution in [0.2, 0.25) is 0 Å². The van der Waals surface area contributed by atoms with E-state index in [2.05, 4.69) is 33.9 Å². The van der Waals surface area contributed by atoms with Crippen LogP contribution in [0.1, 0.15) is 57.2 Å². The first kappa shape index (κ1) is 15.9. The average molecular weight is 306 g/mol. The number of nitrogens with zero attached hydrogens (tertiary/aromatic N) is 4. The van der Waals surface area contributed by atoms with E-state index in [1.165, 1.54) is 45.2 Å². The van der Waals surface area contributed by atoms with E-state index >= 15 is 0 Å². The van der Waals surface area contributed by atoms with Gasteiger partial charge in [-0.2, -0.15) is 4.98 Å². The zero-order valence-corrected chi connectivity index (χ0v) is 14.1. The van der Waals surface area contributed by atoms with Crippen molar-refractivity contribution >= 4 is 0 Å². The molecule has 2 fully saturated rings. The van der Waals surface area contributed by atoms with Crippen molar-refractivity contribution in [2.24, 2.45) is 5.92 Å². The highest BCUT2D eigenvalue weighted by Gasteiger charge is 2.33. The molecule has 124 valence electrons. The molecule has 0 radical (unpaired) electrons. The maximum atomic E-state index is 5.29. The van der Waals surface area contributed by atoms with Gasteiger partial charge in [0, 0.05) is 19.0 Å². The molecule has 0 aliphatic carbocycles. The number of aryl methyl sites for hydroxylation is 1. The van der Waals surface area contributed by atoms with E-state index in [1.807, 2.05) is 0 Å². The van der Waals surface area contributed by atoms with Gasteiger partial charge in [0.15, 0.2) is 5.82 Å². The third-order valence-electron chi connectivity index (χ3n) is 5.16. The zero-order chi connectivity index (χ0) is 15.4. The summed E-state index contributed by atoms with van der Waals surface area (Å²) in [6.45, 7) is 6.72. The lowest BCUT2D eigenvalue weighted by molar-refractivity contribution is 0.0430. The van der Waals surface area contributed by atoms with E-state index in [0.717, 1.165) is 49.6 Å². The molecule has 2 aliphatic rings. The molecule has 3 heterocycles. The number of piperidine rings is 2. The number of aromatic nitrogens is 2. The minimum Gasteiger partial charge on any atom is -0.339 e. The minimum atomic E-state index is 0.780. The van der Waals surface area contributed by atoms with Crippen LogP contribution in [-0.4, -0.2) is 52.7 Å². The van der Waals surface area contributed by atoms with Crippen molar-refractivity contribution in [3.63, 3.8) is 0 Å². The van der Waals surface area contributed by atoms with Crippen molar-refractivity contribution in [3.8, 4) is 0 Å². The molecule has 1 aromatic heterocycles. The highest BCUT2D eigenvalue weighted by molar-refractivity contribution is 4.90. The Balaban J connectivity index is 1.52. The summed E-state index contributed by atoms with van der Waals surface area (Å²) in [6.07, 6.45) is 8.86. The second-order valence-corrected chi connectivity index (χ2v) is 7.05. The van der Waals surface area contributed by atoms with Crippen molar-refractivity contribution in [1.29, 1.82) is 0 Å². The Morgan fingerprint density at radius 1 is 1.23 bits per heavy atom. The van der Waals surface area contributed by atoms with Gasteiger partial charge >= 0.3 is 0 Å². The molecule has 5 heteroatoms. The van der Waals surface area contributed by atoms with Gasteiger partial charge in [-0.15, -0.1) is 0 Å². The van der Waals surface area contributed by atoms with E-state index in [4.69, 9.17) is 4.52 Å². The SMILES string of the molecule is CCCc1nc(CN(C)C[C@@H]2CCCN3CCCC[C@H]23)no1. The van der Waals surface area contributed by atoms with Crippen LogP contribution < -0.4 is 0 Å². The summed E-state index contributed by atoms with van der Waals surface area (Å²) in [6, 6.07) is 0.811. The number of hydrogen-bond acceptors (Lipinski definition) is 5. The number of fused-ring (bicyclic) bond motifs is 1. The highest BCUT2D eigenvalue weighted by atomic mass is 16.5. The van der Waals surface area contributed by atoms with Gasteiger partial charge in [0.2, 0.25) is 5.89 Å². The normalized spacial score (nSPS) is 26.3. The summed E-state index contributed by atoms with van der Waals surface area (Å²) in [5, 5.41) is 4.11. The topological polar surface area (TPSA) is 45.4 Å². The van der Waals surface area contributed by atoms with Gasteiger partial charge in [0.25, 0.3) is 0 Å². The van der Waals surface area contributed by atoms with Gasteiger partial charge < -0.3 is 9.42 Å². The molecule has 22 heavy (non-hydrogen) atoms. The third-order valence-corrected chi connectivity index (χ3v) is 5.16. The predicted octanol–water partition coefficient (Wildman–Crippen LogP) is 2.72. The van der Waals surface area contributed by atoms with Crippen molar-refractivity contribution in [1.82, 2.24) is 19.9 Å². The maximum Gasteiger partial charge on any atom is 0.226 e. The molecule has 0 amide bonds.